The Labute approximate surface area is 113 Å². The fourth-order valence-corrected chi connectivity index (χ4v) is 2.85. The molecule has 17 heavy (non-hydrogen) atoms. The fraction of sp³-hybridized carbons (Fsp3) is 0.571. The maximum Gasteiger partial charge on any atom is 0.0513 e. The Hall–Kier alpha value is -0.540. The summed E-state index contributed by atoms with van der Waals surface area (Å²) in [5.74, 6) is 0. The highest BCUT2D eigenvalue weighted by molar-refractivity contribution is 9.10. The van der Waals surface area contributed by atoms with Gasteiger partial charge < -0.3 is 10.2 Å². The third-order valence-corrected chi connectivity index (χ3v) is 4.08. The van der Waals surface area contributed by atoms with E-state index in [4.69, 9.17) is 0 Å². The van der Waals surface area contributed by atoms with Crippen molar-refractivity contribution in [1.82, 2.24) is 5.32 Å². The topological polar surface area (TPSA) is 15.3 Å². The number of hydrogen-bond acceptors (Lipinski definition) is 2. The Morgan fingerprint density at radius 1 is 1.47 bits per heavy atom. The minimum Gasteiger partial charge on any atom is -0.369 e. The number of halogens is 1. The lowest BCUT2D eigenvalue weighted by Gasteiger charge is -2.27. The molecule has 1 aromatic rings. The van der Waals surface area contributed by atoms with Gasteiger partial charge in [0.25, 0.3) is 0 Å². The number of rotatable bonds is 2. The van der Waals surface area contributed by atoms with E-state index in [1.54, 1.807) is 0 Å². The van der Waals surface area contributed by atoms with E-state index in [0.29, 0.717) is 6.04 Å². The molecule has 0 aliphatic carbocycles. The van der Waals surface area contributed by atoms with Gasteiger partial charge in [0.1, 0.15) is 0 Å². The average Bonchev–Trinajstić information content (AvgIpc) is 2.57. The normalized spacial score (nSPS) is 21.4. The fourth-order valence-electron chi connectivity index (χ4n) is 2.36. The van der Waals surface area contributed by atoms with Crippen LogP contribution in [0.5, 0.6) is 0 Å². The minimum absolute atomic E-state index is 0.616. The van der Waals surface area contributed by atoms with Crippen LogP contribution in [0.3, 0.4) is 0 Å². The molecule has 94 valence electrons. The largest absolute Gasteiger partial charge is 0.369 e. The zero-order valence-electron chi connectivity index (χ0n) is 10.7. The predicted octanol–water partition coefficient (Wildman–Crippen LogP) is 3.34. The summed E-state index contributed by atoms with van der Waals surface area (Å²) < 4.78 is 1.21. The van der Waals surface area contributed by atoms with E-state index in [-0.39, 0.29) is 0 Å². The summed E-state index contributed by atoms with van der Waals surface area (Å²) in [7, 11) is 0. The molecule has 2 nitrogen and oxygen atoms in total. The van der Waals surface area contributed by atoms with Crippen LogP contribution < -0.4 is 10.2 Å². The summed E-state index contributed by atoms with van der Waals surface area (Å²) in [6.45, 7) is 7.80. The second-order valence-corrected chi connectivity index (χ2v) is 5.67. The van der Waals surface area contributed by atoms with E-state index in [9.17, 15) is 0 Å². The molecule has 0 spiro atoms. The van der Waals surface area contributed by atoms with Gasteiger partial charge in [0.15, 0.2) is 0 Å². The lowest BCUT2D eigenvalue weighted by molar-refractivity contribution is 0.528. The summed E-state index contributed by atoms with van der Waals surface area (Å²) in [5, 5.41) is 3.61. The summed E-state index contributed by atoms with van der Waals surface area (Å²) in [4.78, 5) is 2.51. The molecular weight excluding hydrogens is 276 g/mol. The molecule has 3 heteroatoms. The first-order valence-electron chi connectivity index (χ1n) is 6.45. The minimum atomic E-state index is 0.616. The highest BCUT2D eigenvalue weighted by Crippen LogP contribution is 2.28. The molecule has 0 radical (unpaired) electrons. The molecule has 1 heterocycles. The number of anilines is 1. The summed E-state index contributed by atoms with van der Waals surface area (Å²) in [6.07, 6.45) is 2.41. The van der Waals surface area contributed by atoms with Crippen LogP contribution in [0.1, 0.15) is 25.3 Å². The molecule has 1 aliphatic rings. The van der Waals surface area contributed by atoms with E-state index in [2.05, 4.69) is 58.2 Å². The Morgan fingerprint density at radius 3 is 3.06 bits per heavy atom. The Balaban J connectivity index is 2.21. The first-order chi connectivity index (χ1) is 8.20. The first-order valence-corrected chi connectivity index (χ1v) is 7.24. The van der Waals surface area contributed by atoms with Crippen molar-refractivity contribution >= 4 is 21.6 Å². The lowest BCUT2D eigenvalue weighted by Crippen LogP contribution is -2.37. The maximum absolute atomic E-state index is 3.67. The molecule has 0 bridgehead atoms. The second kappa shape index (κ2) is 5.87. The lowest BCUT2D eigenvalue weighted by atomic mass is 10.1. The molecular formula is C14H21BrN2. The average molecular weight is 297 g/mol. The zero-order valence-corrected chi connectivity index (χ0v) is 12.3. The van der Waals surface area contributed by atoms with Gasteiger partial charge in [-0.05, 0) is 59.9 Å². The van der Waals surface area contributed by atoms with E-state index in [1.807, 2.05) is 0 Å². The molecule has 2 rings (SSSR count). The van der Waals surface area contributed by atoms with Gasteiger partial charge in [-0.25, -0.2) is 0 Å². The number of hydrogen-bond donors (Lipinski definition) is 1. The molecule has 1 aromatic carbocycles. The summed E-state index contributed by atoms with van der Waals surface area (Å²) in [6, 6.07) is 7.21. The third kappa shape index (κ3) is 3.23. The van der Waals surface area contributed by atoms with Gasteiger partial charge in [-0.2, -0.15) is 0 Å². The van der Waals surface area contributed by atoms with Gasteiger partial charge in [-0.3, -0.25) is 0 Å². The van der Waals surface area contributed by atoms with Crippen molar-refractivity contribution in [3.63, 3.8) is 0 Å². The number of nitrogens with zero attached hydrogens (tertiary/aromatic N) is 1. The maximum atomic E-state index is 3.67. The Morgan fingerprint density at radius 2 is 2.29 bits per heavy atom. The van der Waals surface area contributed by atoms with Crippen LogP contribution in [0.4, 0.5) is 5.69 Å². The Bertz CT molecular complexity index is 378. The van der Waals surface area contributed by atoms with Gasteiger partial charge in [-0.15, -0.1) is 0 Å². The van der Waals surface area contributed by atoms with Crippen LogP contribution in [0, 0.1) is 6.92 Å². The van der Waals surface area contributed by atoms with Crippen molar-refractivity contribution in [3.8, 4) is 0 Å². The van der Waals surface area contributed by atoms with Crippen LogP contribution in [-0.4, -0.2) is 25.7 Å². The predicted molar refractivity (Wildman–Crippen MR) is 77.8 cm³/mol. The first kappa shape index (κ1) is 12.9. The molecule has 1 unspecified atom stereocenters. The van der Waals surface area contributed by atoms with Crippen molar-refractivity contribution < 1.29 is 0 Å². The van der Waals surface area contributed by atoms with Gasteiger partial charge >= 0.3 is 0 Å². The Kier molecular flexibility index (Phi) is 4.46. The van der Waals surface area contributed by atoms with E-state index in [1.165, 1.54) is 28.6 Å². The van der Waals surface area contributed by atoms with Crippen molar-refractivity contribution in [2.45, 2.75) is 32.7 Å². The van der Waals surface area contributed by atoms with Gasteiger partial charge in [0, 0.05) is 23.6 Å². The van der Waals surface area contributed by atoms with E-state index >= 15 is 0 Å². The van der Waals surface area contributed by atoms with Gasteiger partial charge in [0.05, 0.1) is 5.69 Å². The SMILES string of the molecule is CCC1CN(c2cc(C)ccc2Br)CCCN1. The molecule has 1 fully saturated rings. The van der Waals surface area contributed by atoms with Crippen molar-refractivity contribution in [1.29, 1.82) is 0 Å². The van der Waals surface area contributed by atoms with Crippen molar-refractivity contribution in [2.24, 2.45) is 0 Å². The van der Waals surface area contributed by atoms with Crippen LogP contribution >= 0.6 is 15.9 Å². The monoisotopic (exact) mass is 296 g/mol. The number of aryl methyl sites for hydroxylation is 1. The summed E-state index contributed by atoms with van der Waals surface area (Å²) >= 11 is 3.67. The van der Waals surface area contributed by atoms with Gasteiger partial charge in [0.2, 0.25) is 0 Å². The van der Waals surface area contributed by atoms with Crippen molar-refractivity contribution in [2.75, 3.05) is 24.5 Å². The van der Waals surface area contributed by atoms with Crippen molar-refractivity contribution in [3.05, 3.63) is 28.2 Å². The molecule has 0 saturated carbocycles. The van der Waals surface area contributed by atoms with Crippen LogP contribution in [0.25, 0.3) is 0 Å². The molecule has 1 saturated heterocycles. The molecule has 0 aromatic heterocycles. The standard InChI is InChI=1S/C14H21BrN2/c1-3-12-10-17(8-4-7-16-12)14-9-11(2)5-6-13(14)15/h5-6,9,12,16H,3-4,7-8,10H2,1-2H3. The zero-order chi connectivity index (χ0) is 12.3. The summed E-state index contributed by atoms with van der Waals surface area (Å²) in [5.41, 5.74) is 2.67. The van der Waals surface area contributed by atoms with Crippen LogP contribution in [-0.2, 0) is 0 Å². The third-order valence-electron chi connectivity index (χ3n) is 3.41. The molecule has 1 atom stereocenters. The number of benzene rings is 1. The van der Waals surface area contributed by atoms with E-state index in [0.717, 1.165) is 19.6 Å². The second-order valence-electron chi connectivity index (χ2n) is 4.81. The molecule has 0 amide bonds. The van der Waals surface area contributed by atoms with Gasteiger partial charge in [-0.1, -0.05) is 13.0 Å². The van der Waals surface area contributed by atoms with E-state index < -0.39 is 0 Å². The highest BCUT2D eigenvalue weighted by atomic mass is 79.9. The highest BCUT2D eigenvalue weighted by Gasteiger charge is 2.18. The number of nitrogens with one attached hydrogen (secondary N) is 1. The molecule has 1 N–H and O–H groups in total. The van der Waals surface area contributed by atoms with Crippen LogP contribution in [0.15, 0.2) is 22.7 Å². The quantitative estimate of drug-likeness (QED) is 0.900. The molecule has 1 aliphatic heterocycles. The van der Waals surface area contributed by atoms with Crippen LogP contribution in [0.2, 0.25) is 0 Å². The smallest absolute Gasteiger partial charge is 0.0513 e.